The number of nitriles is 1. The van der Waals surface area contributed by atoms with Crippen molar-refractivity contribution in [2.24, 2.45) is 28.3 Å². The van der Waals surface area contributed by atoms with Gasteiger partial charge in [-0.3, -0.25) is 19.3 Å². The Morgan fingerprint density at radius 1 is 1.21 bits per heavy atom. The predicted octanol–water partition coefficient (Wildman–Crippen LogP) is -1.59. The first-order valence-corrected chi connectivity index (χ1v) is 13.3. The summed E-state index contributed by atoms with van der Waals surface area (Å²) in [4.78, 5) is 43.4. The van der Waals surface area contributed by atoms with Gasteiger partial charge in [-0.2, -0.15) is 5.26 Å². The highest BCUT2D eigenvalue weighted by atomic mass is 16.3. The van der Waals surface area contributed by atoms with Crippen molar-refractivity contribution in [1.29, 1.82) is 5.26 Å². The standard InChI is InChI=1S/C28H38N8O6/c1-12(30)8-34-9-13-6-15(35(2)3)14-7-26(32)10-28(33)22(36(4)5)21(39)17(25(31)42)23(40)27(28,11-29)24(41)18(26)20(38)16(14)19(13)37/h6,12,22,34,37-38,40H,7-10,30,32-33H2,1-5H3,(H2,31,42)/t12?,22-,26-,27+,28-/m1/s1. The van der Waals surface area contributed by atoms with Crippen molar-refractivity contribution in [3.8, 4) is 11.8 Å². The van der Waals surface area contributed by atoms with Gasteiger partial charge in [-0.15, -0.1) is 0 Å². The van der Waals surface area contributed by atoms with Crippen LogP contribution in [-0.4, -0.2) is 95.6 Å². The number of nitrogens with two attached hydrogens (primary N) is 4. The number of phenols is 1. The SMILES string of the molecule is CC(N)CNCc1cc(N(C)C)c2c(c1O)C(O)=C1C(=O)[C@]3(C#N)C(O)=C(C(N)=O)C(=O)[C@@H](N(C)C)[C@]3(N)C[C@]1(N)C2. The smallest absolute Gasteiger partial charge is 0.255 e. The third-order valence-corrected chi connectivity index (χ3v) is 8.57. The molecule has 1 unspecified atom stereocenters. The largest absolute Gasteiger partial charge is 0.509 e. The van der Waals surface area contributed by atoms with E-state index in [1.54, 1.807) is 31.1 Å². The Labute approximate surface area is 243 Å². The van der Waals surface area contributed by atoms with E-state index in [2.05, 4.69) is 5.32 Å². The lowest BCUT2D eigenvalue weighted by Crippen LogP contribution is -2.80. The number of phenolic OH excluding ortho intramolecular Hbond substituents is 1. The van der Waals surface area contributed by atoms with E-state index in [0.29, 0.717) is 23.4 Å². The average Bonchev–Trinajstić information content (AvgIpc) is 2.83. The lowest BCUT2D eigenvalue weighted by Gasteiger charge is -2.58. The van der Waals surface area contributed by atoms with Crippen molar-refractivity contribution < 1.29 is 29.7 Å². The molecule has 0 heterocycles. The van der Waals surface area contributed by atoms with E-state index in [-0.39, 0.29) is 30.3 Å². The number of ketones is 2. The molecule has 1 saturated carbocycles. The number of aliphatic hydroxyl groups excluding tert-OH is 2. The van der Waals surface area contributed by atoms with Gasteiger partial charge in [0.05, 0.1) is 34.3 Å². The molecular formula is C28H38N8O6. The number of fused-ring (bicyclic) bond motifs is 3. The summed E-state index contributed by atoms with van der Waals surface area (Å²) in [5, 5.41) is 48.1. The fourth-order valence-corrected chi connectivity index (χ4v) is 6.90. The molecule has 1 fully saturated rings. The highest BCUT2D eigenvalue weighted by Gasteiger charge is 2.74. The second-order valence-corrected chi connectivity index (χ2v) is 12.0. The van der Waals surface area contributed by atoms with Crippen LogP contribution in [0, 0.1) is 16.7 Å². The molecule has 42 heavy (non-hydrogen) atoms. The second kappa shape index (κ2) is 10.1. The number of aromatic hydroxyl groups is 1. The van der Waals surface area contributed by atoms with E-state index >= 15 is 0 Å². The molecule has 0 aliphatic heterocycles. The number of nitrogens with one attached hydrogen (secondary N) is 1. The third kappa shape index (κ3) is 4.00. The maximum absolute atomic E-state index is 14.5. The van der Waals surface area contributed by atoms with Gasteiger partial charge in [0.25, 0.3) is 5.91 Å². The number of amides is 1. The summed E-state index contributed by atoms with van der Waals surface area (Å²) in [6.45, 7) is 2.43. The molecule has 0 bridgehead atoms. The molecule has 0 aromatic heterocycles. The van der Waals surface area contributed by atoms with Crippen LogP contribution < -0.4 is 33.2 Å². The molecule has 1 amide bonds. The van der Waals surface area contributed by atoms with Gasteiger partial charge >= 0.3 is 0 Å². The molecule has 5 atom stereocenters. The minimum absolute atomic E-state index is 0.0597. The highest BCUT2D eigenvalue weighted by molar-refractivity contribution is 6.25. The third-order valence-electron chi connectivity index (χ3n) is 8.57. The summed E-state index contributed by atoms with van der Waals surface area (Å²) in [7, 11) is 6.46. The van der Waals surface area contributed by atoms with Crippen LogP contribution in [0.25, 0.3) is 5.76 Å². The number of carbonyl (C=O) groups excluding carboxylic acids is 3. The number of anilines is 1. The molecule has 14 nitrogen and oxygen atoms in total. The first kappa shape index (κ1) is 30.9. The molecule has 12 N–H and O–H groups in total. The molecule has 14 heteroatoms. The van der Waals surface area contributed by atoms with Gasteiger partial charge in [-0.05, 0) is 45.5 Å². The number of likely N-dealkylation sites (N-methyl/N-ethyl adjacent to an activating group) is 1. The quantitative estimate of drug-likeness (QED) is 0.169. The Hall–Kier alpha value is -4.00. The number of benzene rings is 1. The minimum atomic E-state index is -2.71. The van der Waals surface area contributed by atoms with E-state index in [1.165, 1.54) is 19.0 Å². The predicted molar refractivity (Wildman–Crippen MR) is 154 cm³/mol. The van der Waals surface area contributed by atoms with E-state index in [9.17, 15) is 35.0 Å². The van der Waals surface area contributed by atoms with Crippen molar-refractivity contribution in [1.82, 2.24) is 10.2 Å². The van der Waals surface area contributed by atoms with E-state index in [4.69, 9.17) is 22.9 Å². The average molecular weight is 583 g/mol. The number of aliphatic hydroxyl groups is 2. The summed E-state index contributed by atoms with van der Waals surface area (Å²) >= 11 is 0. The first-order valence-electron chi connectivity index (χ1n) is 13.3. The zero-order valence-electron chi connectivity index (χ0n) is 24.3. The zero-order valence-corrected chi connectivity index (χ0v) is 24.3. The molecule has 0 saturated heterocycles. The molecular weight excluding hydrogens is 544 g/mol. The van der Waals surface area contributed by atoms with Crippen LogP contribution in [0.3, 0.4) is 0 Å². The van der Waals surface area contributed by atoms with Crippen LogP contribution in [0.4, 0.5) is 5.69 Å². The number of rotatable bonds is 7. The number of carbonyl (C=O) groups is 3. The van der Waals surface area contributed by atoms with E-state index in [1.807, 2.05) is 6.92 Å². The summed E-state index contributed by atoms with van der Waals surface area (Å²) in [6, 6.07) is 1.88. The van der Waals surface area contributed by atoms with Crippen LogP contribution in [0.1, 0.15) is 30.0 Å². The van der Waals surface area contributed by atoms with Crippen molar-refractivity contribution in [3.05, 3.63) is 39.7 Å². The van der Waals surface area contributed by atoms with Gasteiger partial charge in [-0.25, -0.2) is 0 Å². The van der Waals surface area contributed by atoms with Gasteiger partial charge in [0.2, 0.25) is 0 Å². The Kier molecular flexibility index (Phi) is 7.42. The van der Waals surface area contributed by atoms with Crippen molar-refractivity contribution in [3.63, 3.8) is 0 Å². The van der Waals surface area contributed by atoms with Gasteiger partial charge in [0.15, 0.2) is 17.0 Å². The monoisotopic (exact) mass is 582 g/mol. The molecule has 3 aliphatic rings. The van der Waals surface area contributed by atoms with Gasteiger partial charge < -0.3 is 48.5 Å². The molecule has 3 aliphatic carbocycles. The lowest BCUT2D eigenvalue weighted by molar-refractivity contribution is -0.139. The van der Waals surface area contributed by atoms with Crippen LogP contribution in [0.15, 0.2) is 23.0 Å². The molecule has 226 valence electrons. The number of Topliss-reactive ketones (excluding diaryl/α,β-unsaturated/α-hetero) is 2. The van der Waals surface area contributed by atoms with Crippen LogP contribution in [0.5, 0.6) is 5.75 Å². The summed E-state index contributed by atoms with van der Waals surface area (Å²) < 4.78 is 0. The van der Waals surface area contributed by atoms with Crippen LogP contribution >= 0.6 is 0 Å². The normalized spacial score (nSPS) is 29.6. The van der Waals surface area contributed by atoms with E-state index in [0.717, 1.165) is 0 Å². The highest BCUT2D eigenvalue weighted by Crippen LogP contribution is 2.59. The Morgan fingerprint density at radius 2 is 1.83 bits per heavy atom. The van der Waals surface area contributed by atoms with E-state index < -0.39 is 69.1 Å². The molecule has 0 spiro atoms. The maximum Gasteiger partial charge on any atom is 0.255 e. The number of hydrogen-bond acceptors (Lipinski definition) is 13. The van der Waals surface area contributed by atoms with Gasteiger partial charge in [-0.1, -0.05) is 0 Å². The fraction of sp³-hybridized carbons (Fsp3) is 0.500. The molecule has 0 radical (unpaired) electrons. The van der Waals surface area contributed by atoms with Crippen molar-refractivity contribution in [2.45, 2.75) is 49.5 Å². The van der Waals surface area contributed by atoms with Crippen molar-refractivity contribution >= 4 is 28.9 Å². The lowest BCUT2D eigenvalue weighted by atomic mass is 9.47. The first-order chi connectivity index (χ1) is 19.4. The second-order valence-electron chi connectivity index (χ2n) is 12.0. The summed E-state index contributed by atoms with van der Waals surface area (Å²) in [5.41, 5.74) is 18.4. The maximum atomic E-state index is 14.5. The van der Waals surface area contributed by atoms with Gasteiger partial charge in [0, 0.05) is 44.5 Å². The minimum Gasteiger partial charge on any atom is -0.509 e. The Bertz CT molecular complexity index is 1510. The number of hydrogen-bond donors (Lipinski definition) is 8. The fourth-order valence-electron chi connectivity index (χ4n) is 6.90. The summed E-state index contributed by atoms with van der Waals surface area (Å²) in [6.07, 6.45) is -0.557. The molecule has 1 aromatic rings. The van der Waals surface area contributed by atoms with Crippen molar-refractivity contribution in [2.75, 3.05) is 39.6 Å². The van der Waals surface area contributed by atoms with Crippen LogP contribution in [-0.2, 0) is 27.3 Å². The zero-order chi connectivity index (χ0) is 31.7. The topological polar surface area (TPSA) is 258 Å². The Morgan fingerprint density at radius 3 is 2.33 bits per heavy atom. The number of nitrogens with zero attached hydrogens (tertiary/aromatic N) is 3. The van der Waals surface area contributed by atoms with Gasteiger partial charge in [0.1, 0.15) is 22.8 Å². The van der Waals surface area contributed by atoms with Crippen LogP contribution in [0.2, 0.25) is 0 Å². The molecule has 1 aromatic carbocycles. The Balaban J connectivity index is 2.07. The molecule has 4 rings (SSSR count). The summed E-state index contributed by atoms with van der Waals surface area (Å²) in [5.74, 6) is -5.69. The number of primary amides is 1.